The molecule has 3 nitrogen and oxygen atoms in total. The van der Waals surface area contributed by atoms with Crippen molar-refractivity contribution >= 4 is 15.9 Å². The molecule has 0 bridgehead atoms. The van der Waals surface area contributed by atoms with Gasteiger partial charge in [-0.3, -0.25) is 4.98 Å². The first-order chi connectivity index (χ1) is 10.1. The molecule has 0 spiro atoms. The second-order valence-electron chi connectivity index (χ2n) is 5.61. The number of pyridine rings is 1. The first-order valence-corrected chi connectivity index (χ1v) is 8.03. The van der Waals surface area contributed by atoms with E-state index in [4.69, 9.17) is 4.74 Å². The molecule has 1 heterocycles. The van der Waals surface area contributed by atoms with E-state index < -0.39 is 0 Å². The van der Waals surface area contributed by atoms with Gasteiger partial charge in [-0.05, 0) is 56.0 Å². The van der Waals surface area contributed by atoms with Crippen LogP contribution >= 0.6 is 15.9 Å². The molecular formula is C17H19BrN2O. The molecule has 1 N–H and O–H groups in total. The Hall–Kier alpha value is -1.39. The van der Waals surface area contributed by atoms with Gasteiger partial charge in [-0.15, -0.1) is 0 Å². The lowest BCUT2D eigenvalue weighted by atomic mass is 10.1. The van der Waals surface area contributed by atoms with E-state index in [1.807, 2.05) is 12.3 Å². The quantitative estimate of drug-likeness (QED) is 0.864. The topological polar surface area (TPSA) is 34.1 Å². The molecule has 1 saturated carbocycles. The van der Waals surface area contributed by atoms with E-state index in [1.54, 1.807) is 6.20 Å². The number of aryl methyl sites for hydroxylation is 2. The van der Waals surface area contributed by atoms with Gasteiger partial charge < -0.3 is 10.1 Å². The first kappa shape index (κ1) is 14.5. The van der Waals surface area contributed by atoms with E-state index in [-0.39, 0.29) is 0 Å². The Morgan fingerprint density at radius 1 is 1.29 bits per heavy atom. The summed E-state index contributed by atoms with van der Waals surface area (Å²) in [6.07, 6.45) is 6.21. The fourth-order valence-corrected chi connectivity index (χ4v) is 2.51. The third-order valence-electron chi connectivity index (χ3n) is 3.66. The molecule has 0 amide bonds. The van der Waals surface area contributed by atoms with E-state index in [2.05, 4.69) is 52.2 Å². The molecule has 0 saturated heterocycles. The van der Waals surface area contributed by atoms with Crippen molar-refractivity contribution < 1.29 is 4.74 Å². The highest BCUT2D eigenvalue weighted by molar-refractivity contribution is 9.10. The van der Waals surface area contributed by atoms with Crippen molar-refractivity contribution in [3.8, 4) is 11.5 Å². The Balaban J connectivity index is 1.80. The van der Waals surface area contributed by atoms with Crippen LogP contribution in [0.4, 0.5) is 0 Å². The lowest BCUT2D eigenvalue weighted by Crippen LogP contribution is -2.15. The van der Waals surface area contributed by atoms with Gasteiger partial charge >= 0.3 is 0 Å². The average Bonchev–Trinajstić information content (AvgIpc) is 3.28. The van der Waals surface area contributed by atoms with Gasteiger partial charge in [-0.1, -0.05) is 15.9 Å². The zero-order valence-electron chi connectivity index (χ0n) is 12.3. The molecule has 0 aliphatic heterocycles. The van der Waals surface area contributed by atoms with Gasteiger partial charge in [0, 0.05) is 35.0 Å². The number of benzene rings is 1. The maximum absolute atomic E-state index is 6.08. The summed E-state index contributed by atoms with van der Waals surface area (Å²) in [6.45, 7) is 4.96. The predicted molar refractivity (Wildman–Crippen MR) is 87.8 cm³/mol. The van der Waals surface area contributed by atoms with Gasteiger partial charge in [-0.25, -0.2) is 0 Å². The van der Waals surface area contributed by atoms with E-state index in [0.29, 0.717) is 6.04 Å². The van der Waals surface area contributed by atoms with Crippen LogP contribution in [0.2, 0.25) is 0 Å². The smallest absolute Gasteiger partial charge is 0.134 e. The zero-order chi connectivity index (χ0) is 14.8. The summed E-state index contributed by atoms with van der Waals surface area (Å²) in [5, 5.41) is 3.50. The molecule has 0 unspecified atom stereocenters. The van der Waals surface area contributed by atoms with Crippen LogP contribution in [0, 0.1) is 13.8 Å². The summed E-state index contributed by atoms with van der Waals surface area (Å²) in [5.74, 6) is 1.74. The van der Waals surface area contributed by atoms with Crippen molar-refractivity contribution in [1.82, 2.24) is 10.3 Å². The van der Waals surface area contributed by atoms with E-state index in [0.717, 1.165) is 28.1 Å². The largest absolute Gasteiger partial charge is 0.457 e. The standard InChI is InChI=1S/C17H19BrN2O/c1-11-7-15(8-12(2)17(11)18)21-16-5-6-19-9-13(16)10-20-14-3-4-14/h5-9,14,20H,3-4,10H2,1-2H3. The minimum absolute atomic E-state index is 0.676. The summed E-state index contributed by atoms with van der Waals surface area (Å²) >= 11 is 3.59. The Morgan fingerprint density at radius 3 is 2.67 bits per heavy atom. The Kier molecular flexibility index (Phi) is 4.27. The van der Waals surface area contributed by atoms with Crippen LogP contribution in [-0.2, 0) is 6.54 Å². The molecule has 0 radical (unpaired) electrons. The normalized spacial score (nSPS) is 14.2. The Morgan fingerprint density at radius 2 is 2.00 bits per heavy atom. The molecule has 1 aromatic heterocycles. The maximum atomic E-state index is 6.08. The molecule has 0 atom stereocenters. The van der Waals surface area contributed by atoms with Gasteiger partial charge in [0.15, 0.2) is 0 Å². The van der Waals surface area contributed by atoms with Gasteiger partial charge in [0.05, 0.1) is 0 Å². The molecule has 1 aromatic carbocycles. The summed E-state index contributed by atoms with van der Waals surface area (Å²) in [6, 6.07) is 6.71. The van der Waals surface area contributed by atoms with Crippen LogP contribution in [0.15, 0.2) is 35.1 Å². The third-order valence-corrected chi connectivity index (χ3v) is 4.91. The molecule has 1 fully saturated rings. The molecule has 4 heteroatoms. The average molecular weight is 347 g/mol. The minimum atomic E-state index is 0.676. The maximum Gasteiger partial charge on any atom is 0.134 e. The van der Waals surface area contributed by atoms with Crippen molar-refractivity contribution in [2.75, 3.05) is 0 Å². The lowest BCUT2D eigenvalue weighted by molar-refractivity contribution is 0.470. The van der Waals surface area contributed by atoms with Gasteiger partial charge in [0.25, 0.3) is 0 Å². The highest BCUT2D eigenvalue weighted by Gasteiger charge is 2.20. The summed E-state index contributed by atoms with van der Waals surface area (Å²) in [4.78, 5) is 4.21. The monoisotopic (exact) mass is 346 g/mol. The minimum Gasteiger partial charge on any atom is -0.457 e. The Labute approximate surface area is 133 Å². The molecule has 110 valence electrons. The van der Waals surface area contributed by atoms with Crippen LogP contribution in [0.3, 0.4) is 0 Å². The van der Waals surface area contributed by atoms with Crippen LogP contribution in [0.25, 0.3) is 0 Å². The number of nitrogens with one attached hydrogen (secondary N) is 1. The number of ether oxygens (including phenoxy) is 1. The molecule has 1 aliphatic rings. The van der Waals surface area contributed by atoms with Gasteiger partial charge in [-0.2, -0.15) is 0 Å². The number of aromatic nitrogens is 1. The fourth-order valence-electron chi connectivity index (χ4n) is 2.28. The van der Waals surface area contributed by atoms with Crippen molar-refractivity contribution in [2.45, 2.75) is 39.3 Å². The van der Waals surface area contributed by atoms with Crippen LogP contribution in [0.1, 0.15) is 29.5 Å². The van der Waals surface area contributed by atoms with E-state index in [9.17, 15) is 0 Å². The molecule has 3 rings (SSSR count). The van der Waals surface area contributed by atoms with E-state index >= 15 is 0 Å². The van der Waals surface area contributed by atoms with Crippen LogP contribution in [0.5, 0.6) is 11.5 Å². The van der Waals surface area contributed by atoms with Crippen molar-refractivity contribution in [3.05, 3.63) is 51.8 Å². The number of halogens is 1. The SMILES string of the molecule is Cc1cc(Oc2ccncc2CNC2CC2)cc(C)c1Br. The third kappa shape index (κ3) is 3.63. The van der Waals surface area contributed by atoms with Crippen molar-refractivity contribution in [2.24, 2.45) is 0 Å². The van der Waals surface area contributed by atoms with Crippen LogP contribution < -0.4 is 10.1 Å². The van der Waals surface area contributed by atoms with Crippen LogP contribution in [-0.4, -0.2) is 11.0 Å². The molecular weight excluding hydrogens is 328 g/mol. The van der Waals surface area contributed by atoms with Crippen molar-refractivity contribution in [3.63, 3.8) is 0 Å². The highest BCUT2D eigenvalue weighted by Crippen LogP contribution is 2.31. The molecule has 1 aliphatic carbocycles. The zero-order valence-corrected chi connectivity index (χ0v) is 13.9. The number of rotatable bonds is 5. The second kappa shape index (κ2) is 6.16. The number of hydrogen-bond donors (Lipinski definition) is 1. The summed E-state index contributed by atoms with van der Waals surface area (Å²) < 4.78 is 7.22. The molecule has 21 heavy (non-hydrogen) atoms. The van der Waals surface area contributed by atoms with Gasteiger partial charge in [0.2, 0.25) is 0 Å². The van der Waals surface area contributed by atoms with Gasteiger partial charge in [0.1, 0.15) is 11.5 Å². The molecule has 2 aromatic rings. The first-order valence-electron chi connectivity index (χ1n) is 7.24. The summed E-state index contributed by atoms with van der Waals surface area (Å²) in [5.41, 5.74) is 3.45. The fraction of sp³-hybridized carbons (Fsp3) is 0.353. The second-order valence-corrected chi connectivity index (χ2v) is 6.40. The Bertz CT molecular complexity index is 630. The number of hydrogen-bond acceptors (Lipinski definition) is 3. The van der Waals surface area contributed by atoms with Crippen molar-refractivity contribution in [1.29, 1.82) is 0 Å². The van der Waals surface area contributed by atoms with E-state index in [1.165, 1.54) is 24.0 Å². The summed E-state index contributed by atoms with van der Waals surface area (Å²) in [7, 11) is 0. The predicted octanol–water partition coefficient (Wildman–Crippen LogP) is 4.51. The highest BCUT2D eigenvalue weighted by atomic mass is 79.9. The number of nitrogens with zero attached hydrogens (tertiary/aromatic N) is 1. The lowest BCUT2D eigenvalue weighted by Gasteiger charge is -2.13.